The molecule has 0 amide bonds. The van der Waals surface area contributed by atoms with Crippen molar-refractivity contribution >= 4 is 60.8 Å². The highest BCUT2D eigenvalue weighted by Gasteiger charge is 2.70. The summed E-state index contributed by atoms with van der Waals surface area (Å²) in [6, 6.07) is 0. The SMILES string of the molecule is CCOC1C(Cl)(Cl)C(=O)C1(Br)Br. The number of ether oxygens (including phenoxy) is 1. The second-order valence-electron chi connectivity index (χ2n) is 2.41. The molecule has 1 fully saturated rings. The Morgan fingerprint density at radius 1 is 1.58 bits per heavy atom. The van der Waals surface area contributed by atoms with Crippen molar-refractivity contribution < 1.29 is 9.53 Å². The van der Waals surface area contributed by atoms with Crippen LogP contribution in [0.15, 0.2) is 0 Å². The third-order valence-electron chi connectivity index (χ3n) is 1.60. The van der Waals surface area contributed by atoms with Crippen molar-refractivity contribution in [1.82, 2.24) is 0 Å². The first-order chi connectivity index (χ1) is 5.35. The molecule has 2 nitrogen and oxygen atoms in total. The standard InChI is InChI=1S/C6H6Br2Cl2O2/c1-2-12-4-5(7,8)3(11)6(4,9)10/h4H,2H2,1H3. The topological polar surface area (TPSA) is 26.3 Å². The first kappa shape index (κ1) is 11.2. The Morgan fingerprint density at radius 2 is 2.08 bits per heavy atom. The smallest absolute Gasteiger partial charge is 0.206 e. The lowest BCUT2D eigenvalue weighted by molar-refractivity contribution is -0.135. The predicted octanol–water partition coefficient (Wildman–Crippen LogP) is 2.63. The van der Waals surface area contributed by atoms with Crippen LogP contribution in [0.3, 0.4) is 0 Å². The number of carbonyl (C=O) groups is 1. The summed E-state index contributed by atoms with van der Waals surface area (Å²) in [6.45, 7) is 2.26. The summed E-state index contributed by atoms with van der Waals surface area (Å²) < 4.78 is 2.86. The number of carbonyl (C=O) groups excluding carboxylic acids is 1. The van der Waals surface area contributed by atoms with Crippen molar-refractivity contribution in [1.29, 1.82) is 0 Å². The van der Waals surface area contributed by atoms with E-state index in [4.69, 9.17) is 27.9 Å². The number of Topliss-reactive ketones (excluding diaryl/α,β-unsaturated/α-hetero) is 1. The molecule has 0 aromatic heterocycles. The van der Waals surface area contributed by atoms with Gasteiger partial charge in [0.2, 0.25) is 10.1 Å². The molecular formula is C6H6Br2Cl2O2. The molecule has 1 aliphatic rings. The summed E-state index contributed by atoms with van der Waals surface area (Å²) in [5.41, 5.74) is 0. The minimum absolute atomic E-state index is 0.322. The monoisotopic (exact) mass is 338 g/mol. The van der Waals surface area contributed by atoms with Gasteiger partial charge in [0.1, 0.15) is 6.10 Å². The summed E-state index contributed by atoms with van der Waals surface area (Å²) in [5, 5.41) is 0. The molecule has 0 aromatic carbocycles. The van der Waals surface area contributed by atoms with Crippen LogP contribution < -0.4 is 0 Å². The van der Waals surface area contributed by atoms with Crippen LogP contribution in [-0.2, 0) is 9.53 Å². The van der Waals surface area contributed by atoms with Crippen LogP contribution in [0.1, 0.15) is 6.92 Å². The highest BCUT2D eigenvalue weighted by molar-refractivity contribution is 9.26. The Labute approximate surface area is 97.2 Å². The molecule has 0 radical (unpaired) electrons. The molecule has 0 aromatic rings. The van der Waals surface area contributed by atoms with Gasteiger partial charge in [0.15, 0.2) is 3.23 Å². The molecule has 0 aliphatic heterocycles. The van der Waals surface area contributed by atoms with Crippen LogP contribution in [-0.4, -0.2) is 26.1 Å². The van der Waals surface area contributed by atoms with Gasteiger partial charge >= 0.3 is 0 Å². The first-order valence-corrected chi connectivity index (χ1v) is 5.61. The van der Waals surface area contributed by atoms with Gasteiger partial charge in [-0.15, -0.1) is 0 Å². The quantitative estimate of drug-likeness (QED) is 0.722. The average Bonchev–Trinajstić information content (AvgIpc) is 1.98. The van der Waals surface area contributed by atoms with Gasteiger partial charge in [0.05, 0.1) is 0 Å². The van der Waals surface area contributed by atoms with Crippen molar-refractivity contribution in [3.05, 3.63) is 0 Å². The van der Waals surface area contributed by atoms with Gasteiger partial charge in [-0.05, 0) is 6.92 Å². The van der Waals surface area contributed by atoms with Gasteiger partial charge in [-0.3, -0.25) is 4.79 Å². The molecule has 0 bridgehead atoms. The van der Waals surface area contributed by atoms with Crippen molar-refractivity contribution in [2.24, 2.45) is 0 Å². The molecule has 1 atom stereocenters. The summed E-state index contributed by atoms with van der Waals surface area (Å²) in [6.07, 6.45) is -0.550. The number of rotatable bonds is 2. The number of hydrogen-bond donors (Lipinski definition) is 0. The van der Waals surface area contributed by atoms with E-state index >= 15 is 0 Å². The van der Waals surface area contributed by atoms with E-state index in [1.54, 1.807) is 0 Å². The highest BCUT2D eigenvalue weighted by Crippen LogP contribution is 2.55. The molecule has 1 saturated carbocycles. The third kappa shape index (κ3) is 1.46. The molecule has 12 heavy (non-hydrogen) atoms. The van der Waals surface area contributed by atoms with E-state index in [1.807, 2.05) is 6.92 Å². The predicted molar refractivity (Wildman–Crippen MR) is 55.4 cm³/mol. The molecule has 0 heterocycles. The van der Waals surface area contributed by atoms with Gasteiger partial charge < -0.3 is 4.74 Å². The normalized spacial score (nSPS) is 31.4. The van der Waals surface area contributed by atoms with Gasteiger partial charge in [0.25, 0.3) is 0 Å². The zero-order valence-corrected chi connectivity index (χ0v) is 10.8. The van der Waals surface area contributed by atoms with E-state index in [0.717, 1.165) is 0 Å². The molecule has 1 aliphatic carbocycles. The van der Waals surface area contributed by atoms with Crippen LogP contribution in [0.4, 0.5) is 0 Å². The lowest BCUT2D eigenvalue weighted by Crippen LogP contribution is -2.68. The largest absolute Gasteiger partial charge is 0.372 e. The fourth-order valence-electron chi connectivity index (χ4n) is 0.986. The molecule has 6 heteroatoms. The van der Waals surface area contributed by atoms with E-state index in [-0.39, 0.29) is 5.78 Å². The number of alkyl halides is 4. The molecule has 1 unspecified atom stereocenters. The van der Waals surface area contributed by atoms with E-state index < -0.39 is 13.7 Å². The zero-order chi connectivity index (χ0) is 9.57. The Morgan fingerprint density at radius 3 is 2.42 bits per heavy atom. The van der Waals surface area contributed by atoms with Crippen molar-refractivity contribution in [3.8, 4) is 0 Å². The van der Waals surface area contributed by atoms with E-state index in [9.17, 15) is 4.79 Å². The molecular weight excluding hydrogens is 335 g/mol. The van der Waals surface area contributed by atoms with Gasteiger partial charge in [-0.1, -0.05) is 55.1 Å². The van der Waals surface area contributed by atoms with Crippen LogP contribution in [0.25, 0.3) is 0 Å². The molecule has 0 spiro atoms. The Hall–Kier alpha value is 1.17. The van der Waals surface area contributed by atoms with Gasteiger partial charge in [-0.2, -0.15) is 0 Å². The van der Waals surface area contributed by atoms with Gasteiger partial charge in [-0.25, -0.2) is 0 Å². The van der Waals surface area contributed by atoms with Crippen molar-refractivity contribution in [2.45, 2.75) is 20.6 Å². The third-order valence-corrected chi connectivity index (χ3v) is 3.89. The second kappa shape index (κ2) is 3.39. The van der Waals surface area contributed by atoms with E-state index in [0.29, 0.717) is 6.61 Å². The second-order valence-corrected chi connectivity index (χ2v) is 7.36. The fraction of sp³-hybridized carbons (Fsp3) is 0.833. The fourth-order valence-corrected chi connectivity index (χ4v) is 4.30. The maximum Gasteiger partial charge on any atom is 0.206 e. The van der Waals surface area contributed by atoms with Crippen LogP contribution in [0.5, 0.6) is 0 Å². The molecule has 1 rings (SSSR count). The lowest BCUT2D eigenvalue weighted by Gasteiger charge is -2.47. The van der Waals surface area contributed by atoms with Gasteiger partial charge in [0, 0.05) is 6.61 Å². The molecule has 70 valence electrons. The van der Waals surface area contributed by atoms with E-state index in [2.05, 4.69) is 31.9 Å². The van der Waals surface area contributed by atoms with Crippen molar-refractivity contribution in [3.63, 3.8) is 0 Å². The van der Waals surface area contributed by atoms with Crippen molar-refractivity contribution in [2.75, 3.05) is 6.61 Å². The lowest BCUT2D eigenvalue weighted by atomic mass is 9.92. The average molecular weight is 341 g/mol. The maximum absolute atomic E-state index is 11.3. The number of halogens is 4. The van der Waals surface area contributed by atoms with Crippen LogP contribution >= 0.6 is 55.1 Å². The minimum atomic E-state index is -1.43. The summed E-state index contributed by atoms with van der Waals surface area (Å²) in [5.74, 6) is -0.322. The van der Waals surface area contributed by atoms with Crippen LogP contribution in [0, 0.1) is 0 Å². The number of ketones is 1. The van der Waals surface area contributed by atoms with Crippen LogP contribution in [0.2, 0.25) is 0 Å². The minimum Gasteiger partial charge on any atom is -0.372 e. The maximum atomic E-state index is 11.3. The summed E-state index contributed by atoms with van der Waals surface area (Å²) in [7, 11) is 0. The summed E-state index contributed by atoms with van der Waals surface area (Å²) >= 11 is 17.7. The zero-order valence-electron chi connectivity index (χ0n) is 6.11. The highest BCUT2D eigenvalue weighted by atomic mass is 79.9. The Balaban J connectivity index is 2.79. The molecule has 0 N–H and O–H groups in total. The summed E-state index contributed by atoms with van der Waals surface area (Å²) in [4.78, 5) is 11.3. The Kier molecular flexibility index (Phi) is 3.18. The molecule has 0 saturated heterocycles. The Bertz CT molecular complexity index is 200. The number of hydrogen-bond acceptors (Lipinski definition) is 2. The first-order valence-electron chi connectivity index (χ1n) is 3.27. The van der Waals surface area contributed by atoms with E-state index in [1.165, 1.54) is 0 Å².